The number of fused-ring (bicyclic) bond motifs is 1. The number of furan rings is 1. The van der Waals surface area contributed by atoms with Crippen molar-refractivity contribution in [3.63, 3.8) is 0 Å². The van der Waals surface area contributed by atoms with E-state index in [2.05, 4.69) is 104 Å². The molecule has 1 amide bonds. The Balaban J connectivity index is 0.000000180. The molecule has 0 atom stereocenters. The number of phenols is 1. The summed E-state index contributed by atoms with van der Waals surface area (Å²) in [4.78, 5) is 98.2. The number of aromatic amines is 5. The van der Waals surface area contributed by atoms with E-state index in [9.17, 15) is 61.5 Å². The first-order valence-corrected chi connectivity index (χ1v) is 41.3. The monoisotopic (exact) mass is 1750 g/mol. The van der Waals surface area contributed by atoms with Gasteiger partial charge in [0.25, 0.3) is 11.6 Å². The maximum Gasteiger partial charge on any atom is 0.416 e. The van der Waals surface area contributed by atoms with Gasteiger partial charge in [0.15, 0.2) is 29.1 Å². The van der Waals surface area contributed by atoms with Gasteiger partial charge in [-0.15, -0.1) is 42.4 Å². The lowest BCUT2D eigenvalue weighted by Crippen LogP contribution is -2.27. The Morgan fingerprint density at radius 1 is 0.608 bits per heavy atom. The molecule has 13 rings (SSSR count). The van der Waals surface area contributed by atoms with E-state index in [4.69, 9.17) is 19.5 Å². The van der Waals surface area contributed by atoms with Crippen LogP contribution in [-0.2, 0) is 30.1 Å². The number of alkyl halides is 3. The molecule has 0 unspecified atom stereocenters. The number of ether oxygens (including phenoxy) is 1. The predicted octanol–water partition coefficient (Wildman–Crippen LogP) is 15.9. The number of amides is 1. The van der Waals surface area contributed by atoms with Crippen molar-refractivity contribution >= 4 is 133 Å². The number of aliphatic hydroxyl groups is 1. The van der Waals surface area contributed by atoms with E-state index in [0.717, 1.165) is 74.1 Å². The molecule has 0 spiro atoms. The molecule has 624 valence electrons. The Labute approximate surface area is 707 Å². The van der Waals surface area contributed by atoms with Crippen LogP contribution in [0.1, 0.15) is 87.5 Å². The molecule has 12 aromatic rings. The largest absolute Gasteiger partial charge is 0.512 e. The first-order chi connectivity index (χ1) is 57.2. The van der Waals surface area contributed by atoms with E-state index in [1.807, 2.05) is 63.2 Å². The van der Waals surface area contributed by atoms with E-state index in [0.29, 0.717) is 113 Å². The van der Waals surface area contributed by atoms with E-state index >= 15 is 0 Å². The number of hydrogen-bond donors (Lipinski definition) is 8. The molecule has 8 N–H and O–H groups in total. The van der Waals surface area contributed by atoms with Crippen LogP contribution in [0.3, 0.4) is 0 Å². The number of carbonyl (C=O) groups is 6. The number of nitrogens with one attached hydrogen (secondary N) is 6. The molecule has 0 saturated heterocycles. The molecule has 120 heavy (non-hydrogen) atoms. The van der Waals surface area contributed by atoms with Gasteiger partial charge < -0.3 is 24.7 Å². The molecular formula is C78H76F4N20O12S6. The molecule has 42 heteroatoms. The van der Waals surface area contributed by atoms with Crippen LogP contribution >= 0.6 is 70.6 Å². The molecule has 1 aliphatic heterocycles. The van der Waals surface area contributed by atoms with Crippen LogP contribution in [0, 0.1) is 40.1 Å². The summed E-state index contributed by atoms with van der Waals surface area (Å²) in [6.07, 6.45) is -2.03. The van der Waals surface area contributed by atoms with Gasteiger partial charge in [-0.1, -0.05) is 115 Å². The minimum atomic E-state index is -4.40. The van der Waals surface area contributed by atoms with Crippen molar-refractivity contribution in [3.8, 4) is 74.5 Å². The van der Waals surface area contributed by atoms with Crippen molar-refractivity contribution in [1.29, 1.82) is 5.26 Å². The molecule has 32 nitrogen and oxygen atoms in total. The highest BCUT2D eigenvalue weighted by molar-refractivity contribution is 8.14. The summed E-state index contributed by atoms with van der Waals surface area (Å²) in [5.41, 5.74) is 6.28. The second kappa shape index (κ2) is 45.5. The Kier molecular flexibility index (Phi) is 35.3. The van der Waals surface area contributed by atoms with Crippen LogP contribution in [0.15, 0.2) is 186 Å². The van der Waals surface area contributed by atoms with Crippen molar-refractivity contribution in [3.05, 3.63) is 190 Å². The van der Waals surface area contributed by atoms with Gasteiger partial charge in [-0.05, 0) is 132 Å². The summed E-state index contributed by atoms with van der Waals surface area (Å²) in [5, 5.41) is 87.4. The maximum atomic E-state index is 13.4. The predicted molar refractivity (Wildman–Crippen MR) is 452 cm³/mol. The fourth-order valence-electron chi connectivity index (χ4n) is 9.52. The summed E-state index contributed by atoms with van der Waals surface area (Å²) in [6.45, 7) is 17.2. The Morgan fingerprint density at radius 2 is 1.11 bits per heavy atom. The number of ketones is 5. The summed E-state index contributed by atoms with van der Waals surface area (Å²) >= 11 is 7.54. The van der Waals surface area contributed by atoms with Crippen LogP contribution in [0.2, 0.25) is 0 Å². The average Bonchev–Trinajstić information content (AvgIpc) is 1.63. The topological polar surface area (TPSA) is 477 Å². The first-order valence-electron chi connectivity index (χ1n) is 35.4. The number of methoxy groups -OCH3 is 1. The standard InChI is InChI=1S/C16H19N5O4S.C14H12N2O2S.C12H10F3N3OS.C12H12FN3O2S.C12H10N4OS.C12H13N3O2S/c1-9(2)7-17-15(23)12-4-11(5-13(6-12)21(24)25)14-18-16(20-19-14)26-8-10(3)22;1-9(17)8-19-14-7-12(15-16-14)10-2-3-13-11(6-10)4-5-18-13;1-7(19)6-20-11-16-10(17-18-11)8-3-2-4-9(5-8)12(13,14)15;1-7(17)6-19-12-14-11(15-16-12)8-3-9(13)5-10(4-8)18-2;1-8(17)7-18-12-14-11(15-16-12)10-4-2-3-9(5-10)6-13;1-7-3-4-10(17)9(5-7)11-13-12(15-14-11)18-6-8(2)16/h4-6,9,22H,3,7-8H2,1-2H3,(H,17,23)(H,18,19,20);2-6H,7-8H2,1H3;2-5H,6H2,1H3,(H,16,17,18);3-5H,6H2,1-2H3,(H,14,15,16);2-5H,7H2,1H3,(H,14,15,16);3-5,17H,6H2,1-2H3,(H,13,14,15). The Hall–Kier alpha value is -12.4. The number of nitriles is 1. The fraction of sp³-hybridized carbons (Fsp3) is 0.244. The van der Waals surface area contributed by atoms with Gasteiger partial charge in [-0.3, -0.25) is 64.4 Å². The van der Waals surface area contributed by atoms with Crippen molar-refractivity contribution < 1.29 is 70.6 Å². The van der Waals surface area contributed by atoms with Gasteiger partial charge in [0.2, 0.25) is 25.8 Å². The number of carbonyl (C=O) groups excluding carboxylic acids is 6. The minimum absolute atomic E-state index is 0.0131. The van der Waals surface area contributed by atoms with Crippen LogP contribution in [0.5, 0.6) is 11.5 Å². The zero-order valence-corrected chi connectivity index (χ0v) is 70.2. The number of aromatic nitrogens is 15. The highest BCUT2D eigenvalue weighted by atomic mass is 32.2. The number of aliphatic hydroxyl groups excluding tert-OH is 1. The van der Waals surface area contributed by atoms with E-state index in [1.54, 1.807) is 43.5 Å². The molecule has 0 saturated carbocycles. The van der Waals surface area contributed by atoms with E-state index in [1.165, 1.54) is 124 Å². The number of hydrogen-bond acceptors (Lipinski definition) is 31. The van der Waals surface area contributed by atoms with Crippen LogP contribution in [-0.4, -0.2) is 185 Å². The number of thioether (sulfide) groups is 6. The third-order valence-electron chi connectivity index (χ3n) is 15.0. The highest BCUT2D eigenvalue weighted by Crippen LogP contribution is 2.34. The number of aromatic hydroxyl groups is 1. The highest BCUT2D eigenvalue weighted by Gasteiger charge is 2.31. The number of benzene rings is 6. The average molecular weight is 1750 g/mol. The smallest absolute Gasteiger partial charge is 0.416 e. The quantitative estimate of drug-likeness (QED) is 0.00742. The summed E-state index contributed by atoms with van der Waals surface area (Å²) < 4.78 is 61.5. The van der Waals surface area contributed by atoms with Crippen molar-refractivity contribution in [2.24, 2.45) is 16.1 Å². The number of halogens is 4. The number of nitro groups is 1. The zero-order valence-electron chi connectivity index (χ0n) is 65.3. The first kappa shape index (κ1) is 93.1. The van der Waals surface area contributed by atoms with Gasteiger partial charge in [-0.25, -0.2) is 29.3 Å². The maximum absolute atomic E-state index is 13.4. The number of nitro benzene ring substituents is 1. The number of rotatable bonds is 28. The molecule has 0 fully saturated rings. The second-order valence-electron chi connectivity index (χ2n) is 25.8. The minimum Gasteiger partial charge on any atom is -0.512 e. The van der Waals surface area contributed by atoms with Crippen LogP contribution in [0.25, 0.3) is 67.9 Å². The van der Waals surface area contributed by atoms with E-state index < -0.39 is 28.4 Å². The number of non-ortho nitro benzene ring substituents is 1. The lowest BCUT2D eigenvalue weighted by atomic mass is 10.1. The lowest BCUT2D eigenvalue weighted by Gasteiger charge is -2.08. The molecule has 0 bridgehead atoms. The summed E-state index contributed by atoms with van der Waals surface area (Å²) in [7, 11) is 1.47. The van der Waals surface area contributed by atoms with Gasteiger partial charge in [0.1, 0.15) is 56.9 Å². The molecular weight excluding hydrogens is 1680 g/mol. The third-order valence-corrected chi connectivity index (χ3v) is 21.0. The number of Topliss-reactive ketones (excluding diaryl/α,β-unsaturated/α-hetero) is 5. The van der Waals surface area contributed by atoms with Gasteiger partial charge in [-0.2, -0.15) is 23.5 Å². The van der Waals surface area contributed by atoms with Crippen molar-refractivity contribution in [1.82, 2.24) is 81.2 Å². The molecule has 6 aromatic carbocycles. The normalized spacial score (nSPS) is 11.3. The molecule has 1 aliphatic rings. The number of aryl methyl sites for hydroxylation is 1. The fourth-order valence-corrected chi connectivity index (χ4v) is 13.2. The molecule has 0 aliphatic carbocycles. The third kappa shape index (κ3) is 30.5. The lowest BCUT2D eigenvalue weighted by molar-refractivity contribution is -0.384. The summed E-state index contributed by atoms with van der Waals surface area (Å²) in [5.74, 6) is 4.31. The Bertz CT molecular complexity index is 5740. The zero-order chi connectivity index (χ0) is 87.2. The molecule has 6 aromatic heterocycles. The second-order valence-corrected chi connectivity index (χ2v) is 31.6. The molecule has 7 heterocycles. The SMILES string of the molecule is C=C(O)CSc1n[nH]c(-c2cc(C(=O)NCC(C)C)cc([N+](=O)[O-])c2)n1.CC(=O)CSC1=NN=C(c2ccc3occc3c2)C1.CC(=O)CSc1n[nH]c(-c2cc(C)ccc2O)n1.CC(=O)CSc1n[nH]c(-c2cccc(C#N)c2)n1.CC(=O)CSc1n[nH]c(-c2cccc(C(F)(F)F)c2)n1.COc1cc(F)cc(-c2nc(SCC(C)=O)n[nH]2)c1. The van der Waals surface area contributed by atoms with Crippen LogP contribution in [0.4, 0.5) is 23.2 Å². The number of nitrogens with zero attached hydrogens (tertiary/aromatic N) is 14. The van der Waals surface area contributed by atoms with Crippen molar-refractivity contribution in [2.45, 2.75) is 93.8 Å². The van der Waals surface area contributed by atoms with Gasteiger partial charge in [0.05, 0.1) is 87.0 Å². The summed E-state index contributed by atoms with van der Waals surface area (Å²) in [6, 6.07) is 35.5. The van der Waals surface area contributed by atoms with Crippen molar-refractivity contribution in [2.75, 3.05) is 48.2 Å². The number of H-pyrrole nitrogens is 5. The van der Waals surface area contributed by atoms with E-state index in [-0.39, 0.29) is 80.7 Å². The van der Waals surface area contributed by atoms with Gasteiger partial charge in [0, 0.05) is 64.4 Å². The molecule has 0 radical (unpaired) electrons. The van der Waals surface area contributed by atoms with Gasteiger partial charge >= 0.3 is 6.18 Å². The number of phenolic OH excluding ortho intramolecular Hbond substituents is 1. The Morgan fingerprint density at radius 3 is 1.62 bits per heavy atom. The van der Waals surface area contributed by atoms with Crippen LogP contribution < -0.4 is 10.1 Å².